The summed E-state index contributed by atoms with van der Waals surface area (Å²) >= 11 is 0. The molecule has 12 nitrogen and oxygen atoms in total. The lowest BCUT2D eigenvalue weighted by Gasteiger charge is -2.26. The van der Waals surface area contributed by atoms with Crippen molar-refractivity contribution in [3.8, 4) is 17.2 Å². The lowest BCUT2D eigenvalue weighted by molar-refractivity contribution is -0.384. The molecule has 13 heteroatoms. The van der Waals surface area contributed by atoms with E-state index in [9.17, 15) is 23.3 Å². The van der Waals surface area contributed by atoms with Gasteiger partial charge in [0.15, 0.2) is 11.5 Å². The average Bonchev–Trinajstić information content (AvgIpc) is 3.14. The first-order chi connectivity index (χ1) is 18.7. The highest BCUT2D eigenvalue weighted by Crippen LogP contribution is 2.32. The summed E-state index contributed by atoms with van der Waals surface area (Å²) in [5, 5.41) is 14.8. The molecule has 1 atom stereocenters. The fourth-order valence-corrected chi connectivity index (χ4v) is 5.38. The Labute approximate surface area is 223 Å². The van der Waals surface area contributed by atoms with E-state index in [4.69, 9.17) is 9.47 Å². The highest BCUT2D eigenvalue weighted by Gasteiger charge is 2.27. The van der Waals surface area contributed by atoms with E-state index in [1.165, 1.54) is 21.5 Å². The Hall–Kier alpha value is -4.78. The van der Waals surface area contributed by atoms with E-state index in [2.05, 4.69) is 10.0 Å². The molecule has 1 aliphatic rings. The van der Waals surface area contributed by atoms with Crippen LogP contribution in [0.3, 0.4) is 0 Å². The van der Waals surface area contributed by atoms with Crippen molar-refractivity contribution in [1.29, 1.82) is 0 Å². The van der Waals surface area contributed by atoms with Gasteiger partial charge < -0.3 is 14.8 Å². The highest BCUT2D eigenvalue weighted by atomic mass is 32.2. The molecule has 1 aliphatic heterocycles. The van der Waals surface area contributed by atoms with Gasteiger partial charge in [-0.3, -0.25) is 24.3 Å². The van der Waals surface area contributed by atoms with Gasteiger partial charge in [-0.1, -0.05) is 30.3 Å². The average molecular weight is 552 g/mol. The van der Waals surface area contributed by atoms with Crippen molar-refractivity contribution in [2.24, 2.45) is 7.05 Å². The van der Waals surface area contributed by atoms with Crippen LogP contribution in [0.4, 0.5) is 17.1 Å². The van der Waals surface area contributed by atoms with Gasteiger partial charge >= 0.3 is 0 Å². The van der Waals surface area contributed by atoms with E-state index in [1.54, 1.807) is 56.4 Å². The van der Waals surface area contributed by atoms with E-state index >= 15 is 0 Å². The van der Waals surface area contributed by atoms with Crippen LogP contribution in [0.25, 0.3) is 5.69 Å². The van der Waals surface area contributed by atoms with E-state index < -0.39 is 32.3 Å². The smallest absolute Gasteiger partial charge is 0.296 e. The third kappa shape index (κ3) is 5.03. The van der Waals surface area contributed by atoms with Crippen molar-refractivity contribution in [1.82, 2.24) is 9.36 Å². The largest absolute Gasteiger partial charge is 0.486 e. The third-order valence-corrected chi connectivity index (χ3v) is 7.70. The van der Waals surface area contributed by atoms with Gasteiger partial charge in [0.2, 0.25) is 0 Å². The molecule has 0 spiro atoms. The van der Waals surface area contributed by atoms with Crippen molar-refractivity contribution in [3.05, 3.63) is 99.0 Å². The maximum atomic E-state index is 13.2. The Bertz CT molecular complexity index is 1710. The van der Waals surface area contributed by atoms with Crippen molar-refractivity contribution >= 4 is 27.1 Å². The molecule has 0 radical (unpaired) electrons. The van der Waals surface area contributed by atoms with Gasteiger partial charge in [-0.25, -0.2) is 13.1 Å². The van der Waals surface area contributed by atoms with Crippen LogP contribution < -0.4 is 25.1 Å². The molecular weight excluding hydrogens is 526 g/mol. The number of benzene rings is 3. The summed E-state index contributed by atoms with van der Waals surface area (Å²) in [6, 6.07) is 19.4. The van der Waals surface area contributed by atoms with Gasteiger partial charge in [0.25, 0.3) is 21.3 Å². The zero-order valence-electron chi connectivity index (χ0n) is 21.0. The minimum Gasteiger partial charge on any atom is -0.486 e. The number of nitrogens with one attached hydrogen (secondary N) is 2. The fourth-order valence-electron chi connectivity index (χ4n) is 4.25. The second-order valence-electron chi connectivity index (χ2n) is 8.86. The summed E-state index contributed by atoms with van der Waals surface area (Å²) in [6.45, 7) is 2.02. The van der Waals surface area contributed by atoms with Gasteiger partial charge in [0, 0.05) is 13.1 Å². The van der Waals surface area contributed by atoms with E-state index in [1.807, 2.05) is 12.1 Å². The molecule has 0 fully saturated rings. The van der Waals surface area contributed by atoms with Gasteiger partial charge in [0.1, 0.15) is 24.1 Å². The number of rotatable bonds is 8. The van der Waals surface area contributed by atoms with Crippen molar-refractivity contribution in [2.45, 2.75) is 17.9 Å². The molecule has 4 aromatic rings. The number of aromatic nitrogens is 2. The molecule has 0 aliphatic carbocycles. The second-order valence-corrected chi connectivity index (χ2v) is 10.5. The molecule has 202 valence electrons. The molecule has 39 heavy (non-hydrogen) atoms. The summed E-state index contributed by atoms with van der Waals surface area (Å²) in [5.41, 5.74) is -0.128. The Morgan fingerprint density at radius 1 is 1.05 bits per heavy atom. The molecule has 0 bridgehead atoms. The van der Waals surface area contributed by atoms with Crippen molar-refractivity contribution in [2.75, 3.05) is 23.2 Å². The minimum absolute atomic E-state index is 0.115. The number of hydrogen-bond acceptors (Lipinski definition) is 8. The SMILES string of the molecule is Cc1c(NS(=O)(=O)c2ccc(NCC3COc4ccccc4O3)c([N+](=O)[O-])c2)c(=O)n(-c2ccccc2)n1C. The standard InChI is InChI=1S/C26H25N5O7S/c1-17-25(26(32)30(29(17)2)18-8-4-3-5-9-18)28-39(35,36)20-12-13-21(22(14-20)31(33)34)27-15-19-16-37-23-10-6-7-11-24(23)38-19/h3-14,19,27-28H,15-16H2,1-2H3. The number of nitro groups is 1. The predicted octanol–water partition coefficient (Wildman–Crippen LogP) is 3.45. The quantitative estimate of drug-likeness (QED) is 0.250. The predicted molar refractivity (Wildman–Crippen MR) is 144 cm³/mol. The number of nitro benzene ring substituents is 1. The lowest BCUT2D eigenvalue weighted by Crippen LogP contribution is -2.35. The van der Waals surface area contributed by atoms with Gasteiger partial charge in [0.05, 0.1) is 27.7 Å². The van der Waals surface area contributed by atoms with Crippen LogP contribution in [0.2, 0.25) is 0 Å². The second kappa shape index (κ2) is 10.2. The minimum atomic E-state index is -4.34. The van der Waals surface area contributed by atoms with Crippen LogP contribution in [0.1, 0.15) is 5.69 Å². The van der Waals surface area contributed by atoms with Crippen LogP contribution in [0, 0.1) is 17.0 Å². The number of para-hydroxylation sites is 3. The van der Waals surface area contributed by atoms with Crippen LogP contribution in [0.5, 0.6) is 11.5 Å². The number of fused-ring (bicyclic) bond motifs is 1. The summed E-state index contributed by atoms with van der Waals surface area (Å²) in [4.78, 5) is 23.9. The summed E-state index contributed by atoms with van der Waals surface area (Å²) in [6.07, 6.45) is -0.419. The number of anilines is 2. The molecule has 3 aromatic carbocycles. The molecule has 0 saturated carbocycles. The molecule has 0 amide bonds. The van der Waals surface area contributed by atoms with Crippen LogP contribution in [0.15, 0.2) is 82.5 Å². The first kappa shape index (κ1) is 25.9. The zero-order valence-corrected chi connectivity index (χ0v) is 21.8. The Morgan fingerprint density at radius 2 is 1.74 bits per heavy atom. The topological polar surface area (TPSA) is 147 Å². The monoisotopic (exact) mass is 551 g/mol. The first-order valence-corrected chi connectivity index (χ1v) is 13.4. The summed E-state index contributed by atoms with van der Waals surface area (Å²) in [5.74, 6) is 1.19. The molecule has 1 unspecified atom stereocenters. The maximum Gasteiger partial charge on any atom is 0.296 e. The number of ether oxygens (including phenoxy) is 2. The lowest BCUT2D eigenvalue weighted by atomic mass is 10.2. The van der Waals surface area contributed by atoms with Gasteiger partial charge in [-0.2, -0.15) is 0 Å². The van der Waals surface area contributed by atoms with Crippen molar-refractivity contribution < 1.29 is 22.8 Å². The molecule has 0 saturated heterocycles. The van der Waals surface area contributed by atoms with E-state index in [0.717, 1.165) is 6.07 Å². The number of hydrogen-bond donors (Lipinski definition) is 2. The third-order valence-electron chi connectivity index (χ3n) is 6.35. The number of sulfonamides is 1. The normalized spacial score (nSPS) is 14.6. The Kier molecular flexibility index (Phi) is 6.74. The highest BCUT2D eigenvalue weighted by molar-refractivity contribution is 7.92. The molecule has 5 rings (SSSR count). The zero-order chi connectivity index (χ0) is 27.7. The van der Waals surface area contributed by atoms with E-state index in [-0.39, 0.29) is 29.4 Å². The van der Waals surface area contributed by atoms with Gasteiger partial charge in [-0.05, 0) is 43.3 Å². The van der Waals surface area contributed by atoms with Crippen molar-refractivity contribution in [3.63, 3.8) is 0 Å². The maximum absolute atomic E-state index is 13.2. The van der Waals surface area contributed by atoms with Crippen LogP contribution in [-0.4, -0.2) is 42.0 Å². The first-order valence-electron chi connectivity index (χ1n) is 11.9. The summed E-state index contributed by atoms with van der Waals surface area (Å²) in [7, 11) is -2.71. The Balaban J connectivity index is 1.38. The Morgan fingerprint density at radius 3 is 2.46 bits per heavy atom. The fraction of sp³-hybridized carbons (Fsp3) is 0.192. The van der Waals surface area contributed by atoms with Crippen LogP contribution >= 0.6 is 0 Å². The molecule has 2 heterocycles. The molecular formula is C26H25N5O7S. The summed E-state index contributed by atoms with van der Waals surface area (Å²) < 4.78 is 43.2. The molecule has 1 aromatic heterocycles. The number of nitrogens with zero attached hydrogens (tertiary/aromatic N) is 3. The molecule has 2 N–H and O–H groups in total. The van der Waals surface area contributed by atoms with Crippen LogP contribution in [-0.2, 0) is 17.1 Å². The van der Waals surface area contributed by atoms with E-state index in [0.29, 0.717) is 22.9 Å². The van der Waals surface area contributed by atoms with Gasteiger partial charge in [-0.15, -0.1) is 0 Å².